The van der Waals surface area contributed by atoms with E-state index in [0.717, 1.165) is 58.7 Å². The lowest BCUT2D eigenvalue weighted by atomic mass is 10.1. The van der Waals surface area contributed by atoms with Crippen LogP contribution in [0.25, 0.3) is 0 Å². The van der Waals surface area contributed by atoms with E-state index in [1.54, 1.807) is 0 Å². The summed E-state index contributed by atoms with van der Waals surface area (Å²) in [5.74, 6) is 0.285. The molecule has 0 saturated carbocycles. The van der Waals surface area contributed by atoms with Gasteiger partial charge >= 0.3 is 0 Å². The summed E-state index contributed by atoms with van der Waals surface area (Å²) in [6.45, 7) is 7.54. The van der Waals surface area contributed by atoms with Gasteiger partial charge in [-0.3, -0.25) is 9.69 Å². The summed E-state index contributed by atoms with van der Waals surface area (Å²) < 4.78 is 5.37. The molecule has 0 aromatic carbocycles. The average Bonchev–Trinajstić information content (AvgIpc) is 2.85. The highest BCUT2D eigenvalue weighted by Crippen LogP contribution is 2.20. The van der Waals surface area contributed by atoms with Crippen LogP contribution in [-0.2, 0) is 9.53 Å². The van der Waals surface area contributed by atoms with Crippen LogP contribution in [0.2, 0.25) is 0 Å². The predicted octanol–water partition coefficient (Wildman–Crippen LogP) is 1.28. The minimum Gasteiger partial charge on any atom is -0.379 e. The fourth-order valence-corrected chi connectivity index (χ4v) is 2.93. The Balaban J connectivity index is 0.00000200. The molecule has 1 amide bonds. The Morgan fingerprint density at radius 1 is 1.29 bits per heavy atom. The largest absolute Gasteiger partial charge is 0.379 e. The van der Waals surface area contributed by atoms with E-state index in [-0.39, 0.29) is 36.8 Å². The first-order chi connectivity index (χ1) is 9.16. The third kappa shape index (κ3) is 6.70. The summed E-state index contributed by atoms with van der Waals surface area (Å²) in [6.07, 6.45) is 3.66. The molecule has 0 radical (unpaired) electrons. The molecule has 0 spiro atoms. The van der Waals surface area contributed by atoms with Crippen LogP contribution in [0.5, 0.6) is 0 Å². The SMILES string of the molecule is CC(N)CCC(=O)N1CCCC1CN1CCOCC1.Cl.Cl. The maximum Gasteiger partial charge on any atom is 0.222 e. The Labute approximate surface area is 140 Å². The summed E-state index contributed by atoms with van der Waals surface area (Å²) in [5, 5.41) is 0. The molecule has 2 rings (SSSR count). The van der Waals surface area contributed by atoms with Crippen LogP contribution in [0.4, 0.5) is 0 Å². The molecule has 2 atom stereocenters. The van der Waals surface area contributed by atoms with E-state index in [0.29, 0.717) is 12.5 Å². The summed E-state index contributed by atoms with van der Waals surface area (Å²) in [7, 11) is 0. The fraction of sp³-hybridized carbons (Fsp3) is 0.929. The first-order valence-corrected chi connectivity index (χ1v) is 7.52. The average molecular weight is 342 g/mol. The third-order valence-corrected chi connectivity index (χ3v) is 4.08. The van der Waals surface area contributed by atoms with E-state index in [9.17, 15) is 4.79 Å². The standard InChI is InChI=1S/C14H27N3O2.2ClH/c1-12(15)4-5-14(18)17-6-2-3-13(17)11-16-7-9-19-10-8-16;;/h12-13H,2-11,15H2,1H3;2*1H. The third-order valence-electron chi connectivity index (χ3n) is 4.08. The van der Waals surface area contributed by atoms with E-state index >= 15 is 0 Å². The molecular weight excluding hydrogens is 313 g/mol. The Bertz CT molecular complexity index is 300. The second kappa shape index (κ2) is 10.6. The molecule has 2 aliphatic heterocycles. The van der Waals surface area contributed by atoms with Gasteiger partial charge in [-0.25, -0.2) is 0 Å². The van der Waals surface area contributed by atoms with Gasteiger partial charge in [0.1, 0.15) is 0 Å². The van der Waals surface area contributed by atoms with Gasteiger partial charge in [0.15, 0.2) is 0 Å². The van der Waals surface area contributed by atoms with E-state index < -0.39 is 0 Å². The van der Waals surface area contributed by atoms with Crippen molar-refractivity contribution in [2.24, 2.45) is 5.73 Å². The van der Waals surface area contributed by atoms with Crippen LogP contribution < -0.4 is 5.73 Å². The van der Waals surface area contributed by atoms with E-state index in [4.69, 9.17) is 10.5 Å². The summed E-state index contributed by atoms with van der Waals surface area (Å²) in [6, 6.07) is 0.517. The molecule has 5 nitrogen and oxygen atoms in total. The summed E-state index contributed by atoms with van der Waals surface area (Å²) >= 11 is 0. The Kier molecular flexibility index (Phi) is 10.6. The smallest absolute Gasteiger partial charge is 0.222 e. The van der Waals surface area contributed by atoms with Gasteiger partial charge in [-0.2, -0.15) is 0 Å². The Hall–Kier alpha value is -0.0700. The molecule has 0 aliphatic carbocycles. The molecule has 0 bridgehead atoms. The van der Waals surface area contributed by atoms with Gasteiger partial charge in [-0.1, -0.05) is 0 Å². The molecule has 21 heavy (non-hydrogen) atoms. The van der Waals surface area contributed by atoms with Crippen LogP contribution in [0.15, 0.2) is 0 Å². The van der Waals surface area contributed by atoms with E-state index in [2.05, 4.69) is 9.80 Å². The zero-order valence-electron chi connectivity index (χ0n) is 12.8. The Morgan fingerprint density at radius 2 is 1.95 bits per heavy atom. The van der Waals surface area contributed by atoms with Gasteiger partial charge in [0, 0.05) is 44.7 Å². The number of carbonyl (C=O) groups excluding carboxylic acids is 1. The van der Waals surface area contributed by atoms with Gasteiger partial charge in [0.2, 0.25) is 5.91 Å². The molecular formula is C14H29Cl2N3O2. The lowest BCUT2D eigenvalue weighted by molar-refractivity contribution is -0.132. The fourth-order valence-electron chi connectivity index (χ4n) is 2.93. The number of hydrogen-bond acceptors (Lipinski definition) is 4. The van der Waals surface area contributed by atoms with E-state index in [1.165, 1.54) is 0 Å². The van der Waals surface area contributed by atoms with Gasteiger partial charge in [0.05, 0.1) is 13.2 Å². The Morgan fingerprint density at radius 3 is 2.57 bits per heavy atom. The summed E-state index contributed by atoms with van der Waals surface area (Å²) in [4.78, 5) is 16.7. The topological polar surface area (TPSA) is 58.8 Å². The van der Waals surface area contributed by atoms with Crippen LogP contribution in [0.3, 0.4) is 0 Å². The normalized spacial score (nSPS) is 24.1. The molecule has 126 valence electrons. The number of likely N-dealkylation sites (tertiary alicyclic amines) is 1. The van der Waals surface area contributed by atoms with Crippen molar-refractivity contribution in [2.45, 2.75) is 44.7 Å². The number of carbonyl (C=O) groups is 1. The second-order valence-corrected chi connectivity index (χ2v) is 5.81. The first kappa shape index (κ1) is 20.9. The predicted molar refractivity (Wildman–Crippen MR) is 89.4 cm³/mol. The molecule has 0 aromatic rings. The molecule has 2 aliphatic rings. The first-order valence-electron chi connectivity index (χ1n) is 7.52. The monoisotopic (exact) mass is 341 g/mol. The number of rotatable bonds is 5. The lowest BCUT2D eigenvalue weighted by Crippen LogP contribution is -2.46. The maximum atomic E-state index is 12.2. The second-order valence-electron chi connectivity index (χ2n) is 5.81. The van der Waals surface area contributed by atoms with Gasteiger partial charge < -0.3 is 15.4 Å². The highest BCUT2D eigenvalue weighted by molar-refractivity contribution is 5.85. The van der Waals surface area contributed by atoms with Crippen molar-refractivity contribution in [1.82, 2.24) is 9.80 Å². The molecule has 7 heteroatoms. The van der Waals surface area contributed by atoms with Crippen molar-refractivity contribution in [3.8, 4) is 0 Å². The quantitative estimate of drug-likeness (QED) is 0.818. The van der Waals surface area contributed by atoms with Crippen LogP contribution in [-0.4, -0.2) is 67.2 Å². The summed E-state index contributed by atoms with van der Waals surface area (Å²) in [5.41, 5.74) is 5.73. The number of hydrogen-bond donors (Lipinski definition) is 1. The maximum absolute atomic E-state index is 12.2. The molecule has 2 unspecified atom stereocenters. The van der Waals surface area contributed by atoms with Crippen molar-refractivity contribution in [2.75, 3.05) is 39.4 Å². The van der Waals surface area contributed by atoms with Crippen molar-refractivity contribution in [1.29, 1.82) is 0 Å². The van der Waals surface area contributed by atoms with Gasteiger partial charge in [-0.05, 0) is 26.2 Å². The van der Waals surface area contributed by atoms with Crippen LogP contribution >= 0.6 is 24.8 Å². The molecule has 0 aromatic heterocycles. The molecule has 2 N–H and O–H groups in total. The van der Waals surface area contributed by atoms with Crippen molar-refractivity contribution >= 4 is 30.7 Å². The van der Waals surface area contributed by atoms with Crippen LogP contribution in [0, 0.1) is 0 Å². The number of morpholine rings is 1. The highest BCUT2D eigenvalue weighted by Gasteiger charge is 2.30. The number of halogens is 2. The lowest BCUT2D eigenvalue weighted by Gasteiger charge is -2.33. The highest BCUT2D eigenvalue weighted by atomic mass is 35.5. The molecule has 2 saturated heterocycles. The van der Waals surface area contributed by atoms with Gasteiger partial charge in [0.25, 0.3) is 0 Å². The van der Waals surface area contributed by atoms with Crippen molar-refractivity contribution in [3.63, 3.8) is 0 Å². The van der Waals surface area contributed by atoms with Gasteiger partial charge in [-0.15, -0.1) is 24.8 Å². The number of amides is 1. The minimum absolute atomic E-state index is 0. The number of ether oxygens (including phenoxy) is 1. The van der Waals surface area contributed by atoms with Crippen LogP contribution in [0.1, 0.15) is 32.6 Å². The molecule has 2 heterocycles. The van der Waals surface area contributed by atoms with E-state index in [1.807, 2.05) is 6.92 Å². The minimum atomic E-state index is 0. The van der Waals surface area contributed by atoms with Crippen molar-refractivity contribution in [3.05, 3.63) is 0 Å². The number of nitrogens with zero attached hydrogens (tertiary/aromatic N) is 2. The zero-order valence-corrected chi connectivity index (χ0v) is 14.5. The zero-order chi connectivity index (χ0) is 13.7. The number of nitrogens with two attached hydrogens (primary N) is 1. The van der Waals surface area contributed by atoms with Crippen molar-refractivity contribution < 1.29 is 9.53 Å². The molecule has 2 fully saturated rings.